The Morgan fingerprint density at radius 3 is 2.55 bits per heavy atom. The summed E-state index contributed by atoms with van der Waals surface area (Å²) >= 11 is 6.80. The molecule has 0 aromatic heterocycles. The number of esters is 1. The first-order valence-electron chi connectivity index (χ1n) is 9.20. The van der Waals surface area contributed by atoms with E-state index in [9.17, 15) is 9.59 Å². The number of carbonyl (C=O) groups is 2. The number of nitrogens with one attached hydrogen (secondary N) is 1. The third kappa shape index (κ3) is 6.77. The van der Waals surface area contributed by atoms with Crippen LogP contribution in [0.5, 0.6) is 11.5 Å². The van der Waals surface area contributed by atoms with E-state index in [1.165, 1.54) is 6.21 Å². The predicted octanol–water partition coefficient (Wildman–Crippen LogP) is 5.27. The zero-order valence-corrected chi connectivity index (χ0v) is 19.6. The van der Waals surface area contributed by atoms with E-state index >= 15 is 0 Å². The van der Waals surface area contributed by atoms with Gasteiger partial charge in [-0.1, -0.05) is 46.3 Å². The molecular weight excluding hydrogens is 528 g/mol. The van der Waals surface area contributed by atoms with Crippen LogP contribution in [0.25, 0.3) is 0 Å². The second-order valence-electron chi connectivity index (χ2n) is 6.46. The molecule has 31 heavy (non-hydrogen) atoms. The van der Waals surface area contributed by atoms with Gasteiger partial charge in [-0.05, 0) is 64.8 Å². The summed E-state index contributed by atoms with van der Waals surface area (Å²) in [4.78, 5) is 24.5. The molecule has 158 valence electrons. The summed E-state index contributed by atoms with van der Waals surface area (Å²) in [6.45, 7) is 1.76. The molecule has 1 amide bonds. The Kier molecular flexibility index (Phi) is 7.97. The number of benzene rings is 3. The third-order valence-electron chi connectivity index (χ3n) is 3.99. The molecule has 0 atom stereocenters. The summed E-state index contributed by atoms with van der Waals surface area (Å²) in [5.74, 6) is -0.0419. The van der Waals surface area contributed by atoms with E-state index in [0.717, 1.165) is 10.0 Å². The molecule has 0 saturated carbocycles. The van der Waals surface area contributed by atoms with E-state index < -0.39 is 11.9 Å². The highest BCUT2D eigenvalue weighted by atomic mass is 79.9. The van der Waals surface area contributed by atoms with E-state index in [2.05, 4.69) is 42.4 Å². The quantitative estimate of drug-likeness (QED) is 0.190. The zero-order chi connectivity index (χ0) is 22.2. The molecule has 0 unspecified atom stereocenters. The number of carbonyl (C=O) groups excluding carboxylic acids is 2. The first-order valence-corrected chi connectivity index (χ1v) is 10.8. The van der Waals surface area contributed by atoms with Crippen LogP contribution in [0.15, 0.2) is 80.8 Å². The molecule has 0 aliphatic heterocycles. The van der Waals surface area contributed by atoms with Gasteiger partial charge in [-0.3, -0.25) is 4.79 Å². The number of rotatable bonds is 7. The van der Waals surface area contributed by atoms with Crippen LogP contribution in [-0.2, 0) is 4.79 Å². The number of hydrogen-bond acceptors (Lipinski definition) is 5. The molecule has 0 radical (unpaired) electrons. The monoisotopic (exact) mass is 544 g/mol. The van der Waals surface area contributed by atoms with Crippen LogP contribution < -0.4 is 14.9 Å². The summed E-state index contributed by atoms with van der Waals surface area (Å²) in [5.41, 5.74) is 4.35. The van der Waals surface area contributed by atoms with E-state index in [4.69, 9.17) is 9.47 Å². The summed E-state index contributed by atoms with van der Waals surface area (Å²) in [6, 6.07) is 19.5. The molecule has 0 spiro atoms. The fourth-order valence-electron chi connectivity index (χ4n) is 2.57. The highest BCUT2D eigenvalue weighted by Crippen LogP contribution is 2.32. The number of aryl methyl sites for hydroxylation is 1. The van der Waals surface area contributed by atoms with Crippen LogP contribution in [0.4, 0.5) is 0 Å². The van der Waals surface area contributed by atoms with Gasteiger partial charge in [0.15, 0.2) is 12.4 Å². The topological polar surface area (TPSA) is 77.0 Å². The molecule has 0 aliphatic carbocycles. The van der Waals surface area contributed by atoms with Crippen molar-refractivity contribution >= 4 is 50.0 Å². The smallest absolute Gasteiger partial charge is 0.343 e. The Balaban J connectivity index is 1.66. The van der Waals surface area contributed by atoms with Gasteiger partial charge in [-0.2, -0.15) is 5.10 Å². The fraction of sp³-hybridized carbons (Fsp3) is 0.0870. The summed E-state index contributed by atoms with van der Waals surface area (Å²) in [5, 5.41) is 3.96. The van der Waals surface area contributed by atoms with E-state index in [1.807, 2.05) is 31.2 Å². The van der Waals surface area contributed by atoms with Crippen LogP contribution in [0.3, 0.4) is 0 Å². The molecule has 1 N–H and O–H groups in total. The lowest BCUT2D eigenvalue weighted by Crippen LogP contribution is -2.24. The summed E-state index contributed by atoms with van der Waals surface area (Å²) in [6.07, 6.45) is 1.40. The van der Waals surface area contributed by atoms with Crippen molar-refractivity contribution in [3.8, 4) is 11.5 Å². The number of nitrogens with zero attached hydrogens (tertiary/aromatic N) is 1. The highest BCUT2D eigenvalue weighted by molar-refractivity contribution is 9.11. The fourth-order valence-corrected chi connectivity index (χ4v) is 3.91. The molecular formula is C23H18Br2N2O4. The summed E-state index contributed by atoms with van der Waals surface area (Å²) < 4.78 is 12.3. The Morgan fingerprint density at radius 1 is 1.03 bits per heavy atom. The Labute approximate surface area is 196 Å². The third-order valence-corrected chi connectivity index (χ3v) is 5.04. The number of halogens is 2. The van der Waals surface area contributed by atoms with Crippen LogP contribution in [0.1, 0.15) is 21.5 Å². The van der Waals surface area contributed by atoms with Gasteiger partial charge in [0.2, 0.25) is 0 Å². The van der Waals surface area contributed by atoms with Crippen LogP contribution >= 0.6 is 31.9 Å². The van der Waals surface area contributed by atoms with Crippen molar-refractivity contribution in [1.82, 2.24) is 5.43 Å². The molecule has 0 fully saturated rings. The number of hydrazone groups is 1. The highest BCUT2D eigenvalue weighted by Gasteiger charge is 2.15. The summed E-state index contributed by atoms with van der Waals surface area (Å²) in [7, 11) is 0. The van der Waals surface area contributed by atoms with Crippen LogP contribution in [0.2, 0.25) is 0 Å². The van der Waals surface area contributed by atoms with Gasteiger partial charge < -0.3 is 9.47 Å². The van der Waals surface area contributed by atoms with Gasteiger partial charge in [-0.25, -0.2) is 10.2 Å². The van der Waals surface area contributed by atoms with Crippen molar-refractivity contribution < 1.29 is 19.1 Å². The Bertz CT molecular complexity index is 1120. The number of amides is 1. The van der Waals surface area contributed by atoms with E-state index in [-0.39, 0.29) is 12.4 Å². The standard InChI is InChI=1S/C23H18Br2N2O4/c1-15-6-5-9-19(10-15)30-14-21(28)27-26-13-17-11-18(24)12-20(25)22(17)31-23(29)16-7-3-2-4-8-16/h2-13H,14H2,1H3,(H,27,28)/b26-13-. The van der Waals surface area contributed by atoms with Crippen LogP contribution in [0, 0.1) is 6.92 Å². The zero-order valence-electron chi connectivity index (χ0n) is 16.5. The largest absolute Gasteiger partial charge is 0.484 e. The van der Waals surface area contributed by atoms with Gasteiger partial charge in [0.25, 0.3) is 5.91 Å². The molecule has 0 aliphatic rings. The van der Waals surface area contributed by atoms with Crippen molar-refractivity contribution in [3.63, 3.8) is 0 Å². The van der Waals surface area contributed by atoms with Crippen LogP contribution in [-0.4, -0.2) is 24.7 Å². The minimum absolute atomic E-state index is 0.182. The van der Waals surface area contributed by atoms with E-state index in [1.54, 1.807) is 42.5 Å². The van der Waals surface area contributed by atoms with Crippen molar-refractivity contribution in [1.29, 1.82) is 0 Å². The Hall–Kier alpha value is -2.97. The number of hydrogen-bond donors (Lipinski definition) is 1. The van der Waals surface area contributed by atoms with Gasteiger partial charge in [0.05, 0.1) is 16.3 Å². The maximum Gasteiger partial charge on any atom is 0.343 e. The normalized spacial score (nSPS) is 10.7. The SMILES string of the molecule is Cc1cccc(OCC(=O)N/N=C\c2cc(Br)cc(Br)c2OC(=O)c2ccccc2)c1. The molecule has 3 aromatic rings. The van der Waals surface area contributed by atoms with Crippen molar-refractivity contribution in [3.05, 3.63) is 92.4 Å². The van der Waals surface area contributed by atoms with Gasteiger partial charge in [-0.15, -0.1) is 0 Å². The molecule has 0 saturated heterocycles. The minimum atomic E-state index is -0.506. The van der Waals surface area contributed by atoms with Crippen molar-refractivity contribution in [2.24, 2.45) is 5.10 Å². The molecule has 0 heterocycles. The first kappa shape index (κ1) is 22.7. The van der Waals surface area contributed by atoms with Gasteiger partial charge >= 0.3 is 5.97 Å². The molecule has 8 heteroatoms. The van der Waals surface area contributed by atoms with Gasteiger partial charge in [0.1, 0.15) is 5.75 Å². The van der Waals surface area contributed by atoms with E-state index in [0.29, 0.717) is 21.3 Å². The number of ether oxygens (including phenoxy) is 2. The first-order chi connectivity index (χ1) is 14.9. The van der Waals surface area contributed by atoms with Gasteiger partial charge in [0, 0.05) is 10.0 Å². The lowest BCUT2D eigenvalue weighted by atomic mass is 10.2. The minimum Gasteiger partial charge on any atom is -0.484 e. The second-order valence-corrected chi connectivity index (χ2v) is 8.23. The maximum absolute atomic E-state index is 12.4. The lowest BCUT2D eigenvalue weighted by molar-refractivity contribution is -0.123. The second kappa shape index (κ2) is 10.9. The average Bonchev–Trinajstić information content (AvgIpc) is 2.75. The van der Waals surface area contributed by atoms with Crippen molar-refractivity contribution in [2.45, 2.75) is 6.92 Å². The average molecular weight is 546 g/mol. The molecule has 3 aromatic carbocycles. The lowest BCUT2D eigenvalue weighted by Gasteiger charge is -2.10. The predicted molar refractivity (Wildman–Crippen MR) is 126 cm³/mol. The molecule has 3 rings (SSSR count). The Morgan fingerprint density at radius 2 is 1.81 bits per heavy atom. The molecule has 0 bridgehead atoms. The maximum atomic E-state index is 12.4. The van der Waals surface area contributed by atoms with Crippen molar-refractivity contribution in [2.75, 3.05) is 6.61 Å². The molecule has 6 nitrogen and oxygen atoms in total.